The maximum atomic E-state index is 13.8. The molecule has 4 N–H and O–H groups in total. The molecule has 2 aliphatic heterocycles. The van der Waals surface area contributed by atoms with Crippen molar-refractivity contribution in [2.45, 2.75) is 108 Å². The van der Waals surface area contributed by atoms with Gasteiger partial charge in [-0.2, -0.15) is 0 Å². The number of hydrogen-bond donors (Lipinski definition) is 4. The Labute approximate surface area is 240 Å². The van der Waals surface area contributed by atoms with Crippen LogP contribution in [0.3, 0.4) is 0 Å². The lowest BCUT2D eigenvalue weighted by atomic mass is 9.94. The highest BCUT2D eigenvalue weighted by Gasteiger charge is 2.43. The van der Waals surface area contributed by atoms with Gasteiger partial charge < -0.3 is 26.0 Å². The van der Waals surface area contributed by atoms with Gasteiger partial charge in [0.25, 0.3) is 0 Å². The first kappa shape index (κ1) is 31.5. The molecule has 220 valence electrons. The summed E-state index contributed by atoms with van der Waals surface area (Å²) in [4.78, 5) is 67.3. The van der Waals surface area contributed by atoms with Crippen molar-refractivity contribution in [2.24, 2.45) is 0 Å². The zero-order valence-electron chi connectivity index (χ0n) is 23.5. The first-order valence-electron chi connectivity index (χ1n) is 14.1. The third kappa shape index (κ3) is 8.04. The molecule has 1 aromatic carbocycles. The molecule has 0 saturated carbocycles. The molecule has 2 aliphatic rings. The van der Waals surface area contributed by atoms with Crippen molar-refractivity contribution in [3.63, 3.8) is 0 Å². The van der Waals surface area contributed by atoms with Crippen molar-refractivity contribution in [3.05, 3.63) is 34.9 Å². The fourth-order valence-corrected chi connectivity index (χ4v) is 5.24. The van der Waals surface area contributed by atoms with E-state index < -0.39 is 47.5 Å². The molecule has 2 saturated heterocycles. The van der Waals surface area contributed by atoms with Crippen LogP contribution in [0.5, 0.6) is 0 Å². The van der Waals surface area contributed by atoms with Gasteiger partial charge in [0.05, 0.1) is 0 Å². The van der Waals surface area contributed by atoms with Crippen molar-refractivity contribution >= 4 is 41.0 Å². The van der Waals surface area contributed by atoms with Gasteiger partial charge in [-0.25, -0.2) is 0 Å². The fraction of sp³-hybridized carbons (Fsp3) is 0.621. The number of amides is 4. The Morgan fingerprint density at radius 1 is 1.07 bits per heavy atom. The standard InChI is InChI=1S/C29H41ClN4O6/c1-4-29(3)28(40)32-22(17-19-12-14-20(30)15-13-19)27(39)34-16-8-10-23(34)26(38)31-21(25(37)33-29)9-6-5-7-11-24(36)18(2)35/h12-15,18,21-23,35H,4-11,16-17H2,1-3H3,(H,31,38)(H,32,40)(H,33,37)/t18-,21+,22+,23-,29+/m1/s1. The largest absolute Gasteiger partial charge is 0.386 e. The monoisotopic (exact) mass is 576 g/mol. The molecule has 0 radical (unpaired) electrons. The molecule has 4 amide bonds. The van der Waals surface area contributed by atoms with Crippen LogP contribution in [-0.2, 0) is 30.4 Å². The normalized spacial score (nSPS) is 26.6. The Hall–Kier alpha value is -2.98. The average Bonchev–Trinajstić information content (AvgIpc) is 3.41. The third-order valence-corrected chi connectivity index (χ3v) is 8.17. The number of nitrogens with zero attached hydrogens (tertiary/aromatic N) is 1. The number of fused-ring (bicyclic) bond motifs is 1. The van der Waals surface area contributed by atoms with Gasteiger partial charge in [0, 0.05) is 24.4 Å². The summed E-state index contributed by atoms with van der Waals surface area (Å²) in [7, 11) is 0. The fourth-order valence-electron chi connectivity index (χ4n) is 5.11. The maximum absolute atomic E-state index is 13.8. The van der Waals surface area contributed by atoms with Crippen LogP contribution in [0, 0.1) is 0 Å². The summed E-state index contributed by atoms with van der Waals surface area (Å²) in [6.07, 6.45) is 2.85. The minimum absolute atomic E-state index is 0.209. The van der Waals surface area contributed by atoms with Gasteiger partial charge in [-0.3, -0.25) is 24.0 Å². The van der Waals surface area contributed by atoms with Crippen molar-refractivity contribution in [1.29, 1.82) is 0 Å². The van der Waals surface area contributed by atoms with Gasteiger partial charge in [-0.05, 0) is 63.6 Å². The molecule has 0 aromatic heterocycles. The quantitative estimate of drug-likeness (QED) is 0.314. The number of Topliss-reactive ketones (excluding diaryl/α,β-unsaturated/α-hetero) is 1. The number of carbonyl (C=O) groups is 5. The number of unbranched alkanes of at least 4 members (excludes halogenated alkanes) is 2. The number of carbonyl (C=O) groups excluding carboxylic acids is 5. The van der Waals surface area contributed by atoms with Gasteiger partial charge in [-0.15, -0.1) is 0 Å². The third-order valence-electron chi connectivity index (χ3n) is 7.92. The van der Waals surface area contributed by atoms with Crippen LogP contribution < -0.4 is 16.0 Å². The topological polar surface area (TPSA) is 145 Å². The van der Waals surface area contributed by atoms with E-state index in [1.165, 1.54) is 11.8 Å². The number of aliphatic hydroxyl groups is 1. The zero-order chi connectivity index (χ0) is 29.4. The minimum atomic E-state index is -1.31. The van der Waals surface area contributed by atoms with Gasteiger partial charge in [0.1, 0.15) is 29.8 Å². The van der Waals surface area contributed by atoms with Gasteiger partial charge in [-0.1, -0.05) is 43.5 Å². The van der Waals surface area contributed by atoms with Crippen molar-refractivity contribution < 1.29 is 29.1 Å². The van der Waals surface area contributed by atoms with E-state index in [-0.39, 0.29) is 31.0 Å². The summed E-state index contributed by atoms with van der Waals surface area (Å²) < 4.78 is 0. The molecule has 0 bridgehead atoms. The average molecular weight is 577 g/mol. The number of ketones is 1. The molecule has 2 heterocycles. The molecule has 2 fully saturated rings. The zero-order valence-corrected chi connectivity index (χ0v) is 24.3. The van der Waals surface area contributed by atoms with E-state index in [0.717, 1.165) is 5.56 Å². The number of rotatable bonds is 10. The molecule has 40 heavy (non-hydrogen) atoms. The van der Waals surface area contributed by atoms with Crippen LogP contribution in [-0.4, -0.2) is 75.7 Å². The summed E-state index contributed by atoms with van der Waals surface area (Å²) in [5.74, 6) is -1.93. The summed E-state index contributed by atoms with van der Waals surface area (Å²) in [5.41, 5.74) is -0.515. The van der Waals surface area contributed by atoms with E-state index in [1.54, 1.807) is 38.1 Å². The Morgan fingerprint density at radius 3 is 2.42 bits per heavy atom. The Bertz CT molecular complexity index is 1090. The second kappa shape index (κ2) is 14.1. The minimum Gasteiger partial charge on any atom is -0.386 e. The number of nitrogens with one attached hydrogen (secondary N) is 3. The van der Waals surface area contributed by atoms with Crippen LogP contribution in [0.15, 0.2) is 24.3 Å². The summed E-state index contributed by atoms with van der Waals surface area (Å²) >= 11 is 6.02. The maximum Gasteiger partial charge on any atom is 0.246 e. The van der Waals surface area contributed by atoms with Crippen LogP contribution in [0.2, 0.25) is 5.02 Å². The van der Waals surface area contributed by atoms with Gasteiger partial charge in [0.15, 0.2) is 5.78 Å². The molecule has 0 aliphatic carbocycles. The Balaban J connectivity index is 1.82. The highest BCUT2D eigenvalue weighted by molar-refractivity contribution is 6.30. The van der Waals surface area contributed by atoms with Crippen molar-refractivity contribution in [1.82, 2.24) is 20.9 Å². The second-order valence-corrected chi connectivity index (χ2v) is 11.5. The summed E-state index contributed by atoms with van der Waals surface area (Å²) in [6, 6.07) is 4.44. The van der Waals surface area contributed by atoms with Crippen LogP contribution in [0.25, 0.3) is 0 Å². The van der Waals surface area contributed by atoms with E-state index in [9.17, 15) is 29.1 Å². The van der Waals surface area contributed by atoms with Crippen molar-refractivity contribution in [2.75, 3.05) is 6.54 Å². The number of hydrogen-bond acceptors (Lipinski definition) is 6. The molecule has 1 aromatic rings. The predicted octanol–water partition coefficient (Wildman–Crippen LogP) is 2.04. The lowest BCUT2D eigenvalue weighted by molar-refractivity contribution is -0.144. The molecule has 0 unspecified atom stereocenters. The molecule has 3 rings (SSSR count). The first-order chi connectivity index (χ1) is 18.9. The lowest BCUT2D eigenvalue weighted by Crippen LogP contribution is -2.65. The van der Waals surface area contributed by atoms with Gasteiger partial charge in [0.2, 0.25) is 23.6 Å². The summed E-state index contributed by atoms with van der Waals surface area (Å²) in [5, 5.41) is 18.5. The summed E-state index contributed by atoms with van der Waals surface area (Å²) in [6.45, 7) is 5.19. The van der Waals surface area contributed by atoms with E-state index in [0.29, 0.717) is 50.1 Å². The molecular weight excluding hydrogens is 536 g/mol. The van der Waals surface area contributed by atoms with Crippen LogP contribution in [0.4, 0.5) is 0 Å². The van der Waals surface area contributed by atoms with E-state index in [1.807, 2.05) is 0 Å². The molecule has 0 spiro atoms. The van der Waals surface area contributed by atoms with Crippen LogP contribution >= 0.6 is 11.6 Å². The van der Waals surface area contributed by atoms with Crippen molar-refractivity contribution in [3.8, 4) is 0 Å². The molecular formula is C29H41ClN4O6. The van der Waals surface area contributed by atoms with Gasteiger partial charge >= 0.3 is 0 Å². The smallest absolute Gasteiger partial charge is 0.246 e. The van der Waals surface area contributed by atoms with Crippen LogP contribution in [0.1, 0.15) is 77.7 Å². The lowest BCUT2D eigenvalue weighted by Gasteiger charge is -2.36. The number of aliphatic hydroxyl groups excluding tert-OH is 1. The van der Waals surface area contributed by atoms with E-state index >= 15 is 0 Å². The molecule has 11 heteroatoms. The number of halogens is 1. The predicted molar refractivity (Wildman–Crippen MR) is 150 cm³/mol. The Kier molecular flexibility index (Phi) is 11.1. The number of benzene rings is 1. The van der Waals surface area contributed by atoms with E-state index in [2.05, 4.69) is 16.0 Å². The highest BCUT2D eigenvalue weighted by Crippen LogP contribution is 2.22. The van der Waals surface area contributed by atoms with E-state index in [4.69, 9.17) is 11.6 Å². The SMILES string of the molecule is CC[C@]1(C)NC(=O)[C@H](CCCCCC(=O)[C@@H](C)O)NC(=O)[C@H]2CCCN2C(=O)[C@H](Cc2ccc(Cl)cc2)NC1=O. The Morgan fingerprint density at radius 2 is 1.77 bits per heavy atom. The highest BCUT2D eigenvalue weighted by atomic mass is 35.5. The second-order valence-electron chi connectivity index (χ2n) is 11.0. The first-order valence-corrected chi connectivity index (χ1v) is 14.5. The molecule has 10 nitrogen and oxygen atoms in total. The molecule has 5 atom stereocenters.